The minimum Gasteiger partial charge on any atom is -0.327 e. The zero-order valence-electron chi connectivity index (χ0n) is 11.0. The SMILES string of the molecule is NC(CCC1CCCC1)C1C2C3CCC(C3)C12. The van der Waals surface area contributed by atoms with Crippen molar-refractivity contribution in [3.05, 3.63) is 0 Å². The lowest BCUT2D eigenvalue weighted by Crippen LogP contribution is -2.26. The second-order valence-electron chi connectivity index (χ2n) is 7.46. The maximum absolute atomic E-state index is 6.50. The molecule has 0 spiro atoms. The summed E-state index contributed by atoms with van der Waals surface area (Å²) in [5.74, 6) is 6.39. The normalized spacial score (nSPS) is 49.6. The van der Waals surface area contributed by atoms with Crippen molar-refractivity contribution in [3.63, 3.8) is 0 Å². The minimum absolute atomic E-state index is 0.564. The van der Waals surface area contributed by atoms with Crippen molar-refractivity contribution in [2.75, 3.05) is 0 Å². The molecule has 0 radical (unpaired) electrons. The van der Waals surface area contributed by atoms with Crippen LogP contribution >= 0.6 is 0 Å². The first kappa shape index (κ1) is 10.8. The lowest BCUT2D eigenvalue weighted by molar-refractivity contribution is 0.367. The first-order chi connectivity index (χ1) is 8.34. The van der Waals surface area contributed by atoms with Crippen LogP contribution in [0.1, 0.15) is 57.8 Å². The van der Waals surface area contributed by atoms with Crippen molar-refractivity contribution in [3.8, 4) is 0 Å². The Bertz CT molecular complexity index is 278. The van der Waals surface area contributed by atoms with Crippen LogP contribution in [-0.4, -0.2) is 6.04 Å². The molecule has 2 bridgehead atoms. The highest BCUT2D eigenvalue weighted by molar-refractivity contribution is 5.15. The van der Waals surface area contributed by atoms with E-state index in [9.17, 15) is 0 Å². The van der Waals surface area contributed by atoms with Crippen molar-refractivity contribution in [2.45, 2.75) is 63.8 Å². The highest BCUT2D eigenvalue weighted by Crippen LogP contribution is 2.70. The van der Waals surface area contributed by atoms with Gasteiger partial charge in [-0.25, -0.2) is 0 Å². The van der Waals surface area contributed by atoms with Gasteiger partial charge in [-0.3, -0.25) is 0 Å². The Morgan fingerprint density at radius 2 is 1.59 bits per heavy atom. The van der Waals surface area contributed by atoms with E-state index in [0.29, 0.717) is 6.04 Å². The predicted octanol–water partition coefficient (Wildman–Crippen LogP) is 3.58. The molecule has 96 valence electrons. The van der Waals surface area contributed by atoms with Gasteiger partial charge < -0.3 is 5.73 Å². The lowest BCUT2D eigenvalue weighted by Gasteiger charge is -2.18. The molecule has 2 N–H and O–H groups in total. The van der Waals surface area contributed by atoms with Crippen LogP contribution in [-0.2, 0) is 0 Å². The fraction of sp³-hybridized carbons (Fsp3) is 1.00. The van der Waals surface area contributed by atoms with E-state index in [1.165, 1.54) is 51.4 Å². The Morgan fingerprint density at radius 3 is 2.24 bits per heavy atom. The van der Waals surface area contributed by atoms with Crippen molar-refractivity contribution < 1.29 is 0 Å². The van der Waals surface area contributed by atoms with Crippen molar-refractivity contribution >= 4 is 0 Å². The third kappa shape index (κ3) is 1.69. The molecule has 5 atom stereocenters. The smallest absolute Gasteiger partial charge is 0.00729 e. The predicted molar refractivity (Wildman–Crippen MR) is 70.5 cm³/mol. The van der Waals surface area contributed by atoms with Crippen molar-refractivity contribution in [1.82, 2.24) is 0 Å². The van der Waals surface area contributed by atoms with Crippen molar-refractivity contribution in [1.29, 1.82) is 0 Å². The number of hydrogen-bond acceptors (Lipinski definition) is 1. The molecule has 0 heterocycles. The van der Waals surface area contributed by atoms with E-state index in [1.54, 1.807) is 6.42 Å². The Labute approximate surface area is 106 Å². The van der Waals surface area contributed by atoms with Crippen LogP contribution in [0.2, 0.25) is 0 Å². The average Bonchev–Trinajstić information content (AvgIpc) is 2.80. The molecule has 5 unspecified atom stereocenters. The van der Waals surface area contributed by atoms with Gasteiger partial charge in [-0.05, 0) is 67.6 Å². The van der Waals surface area contributed by atoms with Crippen LogP contribution in [0.5, 0.6) is 0 Å². The van der Waals surface area contributed by atoms with Crippen LogP contribution in [0, 0.1) is 35.5 Å². The van der Waals surface area contributed by atoms with Crippen LogP contribution in [0.25, 0.3) is 0 Å². The second-order valence-corrected chi connectivity index (χ2v) is 7.46. The van der Waals surface area contributed by atoms with E-state index in [-0.39, 0.29) is 0 Å². The standard InChI is InChI=1S/C16H27N/c17-13(8-5-10-3-1-2-4-10)16-14-11-6-7-12(9-11)15(14)16/h10-16H,1-9,17H2. The zero-order valence-corrected chi connectivity index (χ0v) is 11.0. The van der Waals surface area contributed by atoms with Gasteiger partial charge in [0.2, 0.25) is 0 Å². The van der Waals surface area contributed by atoms with E-state index in [4.69, 9.17) is 5.73 Å². The van der Waals surface area contributed by atoms with Gasteiger partial charge in [-0.1, -0.05) is 25.7 Å². The molecule has 1 nitrogen and oxygen atoms in total. The first-order valence-corrected chi connectivity index (χ1v) is 8.10. The van der Waals surface area contributed by atoms with Crippen LogP contribution < -0.4 is 5.73 Å². The van der Waals surface area contributed by atoms with E-state index in [2.05, 4.69) is 0 Å². The number of fused-ring (bicyclic) bond motifs is 5. The maximum Gasteiger partial charge on any atom is 0.00729 e. The number of nitrogens with two attached hydrogens (primary N) is 1. The van der Waals surface area contributed by atoms with E-state index < -0.39 is 0 Å². The molecule has 4 fully saturated rings. The Morgan fingerprint density at radius 1 is 0.941 bits per heavy atom. The number of hydrogen-bond donors (Lipinski definition) is 1. The van der Waals surface area contributed by atoms with Crippen LogP contribution in [0.4, 0.5) is 0 Å². The molecule has 0 aliphatic heterocycles. The fourth-order valence-corrected chi connectivity index (χ4v) is 5.88. The molecule has 0 amide bonds. The van der Waals surface area contributed by atoms with Gasteiger partial charge >= 0.3 is 0 Å². The van der Waals surface area contributed by atoms with Crippen LogP contribution in [0.3, 0.4) is 0 Å². The highest BCUT2D eigenvalue weighted by atomic mass is 14.8. The highest BCUT2D eigenvalue weighted by Gasteiger charge is 2.65. The third-order valence-corrected chi connectivity index (χ3v) is 6.67. The molecule has 4 aliphatic carbocycles. The fourth-order valence-electron chi connectivity index (χ4n) is 5.88. The summed E-state index contributed by atoms with van der Waals surface area (Å²) in [6, 6.07) is 0.564. The molecule has 4 aliphatic rings. The third-order valence-electron chi connectivity index (χ3n) is 6.67. The topological polar surface area (TPSA) is 26.0 Å². The van der Waals surface area contributed by atoms with Gasteiger partial charge in [-0.15, -0.1) is 0 Å². The summed E-state index contributed by atoms with van der Waals surface area (Å²) in [7, 11) is 0. The molecular weight excluding hydrogens is 206 g/mol. The van der Waals surface area contributed by atoms with Gasteiger partial charge in [-0.2, -0.15) is 0 Å². The molecule has 0 aromatic heterocycles. The zero-order chi connectivity index (χ0) is 11.4. The van der Waals surface area contributed by atoms with E-state index in [1.807, 2.05) is 0 Å². The van der Waals surface area contributed by atoms with E-state index >= 15 is 0 Å². The summed E-state index contributed by atoms with van der Waals surface area (Å²) in [5, 5.41) is 0. The molecule has 0 aromatic carbocycles. The lowest BCUT2D eigenvalue weighted by atomic mass is 9.92. The average molecular weight is 233 g/mol. The molecular formula is C16H27N. The van der Waals surface area contributed by atoms with E-state index in [0.717, 1.165) is 35.5 Å². The van der Waals surface area contributed by atoms with Gasteiger partial charge in [0.15, 0.2) is 0 Å². The Hall–Kier alpha value is -0.0400. The summed E-state index contributed by atoms with van der Waals surface area (Å²) in [4.78, 5) is 0. The quantitative estimate of drug-likeness (QED) is 0.789. The Balaban J connectivity index is 1.29. The maximum atomic E-state index is 6.50. The summed E-state index contributed by atoms with van der Waals surface area (Å²) < 4.78 is 0. The van der Waals surface area contributed by atoms with Crippen LogP contribution in [0.15, 0.2) is 0 Å². The summed E-state index contributed by atoms with van der Waals surface area (Å²) in [5.41, 5.74) is 6.50. The van der Waals surface area contributed by atoms with Gasteiger partial charge in [0.05, 0.1) is 0 Å². The summed E-state index contributed by atoms with van der Waals surface area (Å²) >= 11 is 0. The molecule has 1 heteroatoms. The van der Waals surface area contributed by atoms with Gasteiger partial charge in [0.25, 0.3) is 0 Å². The molecule has 4 saturated carbocycles. The number of rotatable bonds is 4. The summed E-state index contributed by atoms with van der Waals surface area (Å²) in [6.07, 6.45) is 13.4. The van der Waals surface area contributed by atoms with Crippen molar-refractivity contribution in [2.24, 2.45) is 41.2 Å². The monoisotopic (exact) mass is 233 g/mol. The minimum atomic E-state index is 0.564. The largest absolute Gasteiger partial charge is 0.327 e. The molecule has 4 rings (SSSR count). The van der Waals surface area contributed by atoms with Gasteiger partial charge in [0, 0.05) is 6.04 Å². The first-order valence-electron chi connectivity index (χ1n) is 8.10. The Kier molecular flexibility index (Phi) is 2.54. The molecule has 17 heavy (non-hydrogen) atoms. The molecule has 0 saturated heterocycles. The second kappa shape index (κ2) is 3.98. The molecule has 0 aromatic rings. The summed E-state index contributed by atoms with van der Waals surface area (Å²) in [6.45, 7) is 0. The van der Waals surface area contributed by atoms with Gasteiger partial charge in [0.1, 0.15) is 0 Å².